The van der Waals surface area contributed by atoms with Gasteiger partial charge >= 0.3 is 17.9 Å². The van der Waals surface area contributed by atoms with Gasteiger partial charge in [0.05, 0.1) is 12.5 Å². The average molecular weight is 447 g/mol. The molecule has 1 aliphatic heterocycles. The average Bonchev–Trinajstić information content (AvgIpc) is 2.68. The number of carbonyl (C=O) groups excluding carboxylic acids is 3. The number of aliphatic hydroxyl groups is 2. The van der Waals surface area contributed by atoms with Crippen molar-refractivity contribution in [2.24, 2.45) is 11.8 Å². The highest BCUT2D eigenvalue weighted by atomic mass is 16.7. The lowest BCUT2D eigenvalue weighted by Crippen LogP contribution is -2.62. The monoisotopic (exact) mass is 446 g/mol. The minimum Gasteiger partial charge on any atom is -0.455 e. The molecular formula is C22H38O9. The lowest BCUT2D eigenvalue weighted by atomic mass is 9.98. The van der Waals surface area contributed by atoms with E-state index >= 15 is 0 Å². The molecule has 1 unspecified atom stereocenters. The number of hydrogen-bond donors (Lipinski definition) is 2. The quantitative estimate of drug-likeness (QED) is 0.263. The van der Waals surface area contributed by atoms with E-state index in [0.717, 1.165) is 32.6 Å². The summed E-state index contributed by atoms with van der Waals surface area (Å²) in [5, 5.41) is 19.9. The second kappa shape index (κ2) is 13.6. The number of unbranched alkanes of at least 4 members (excludes halogenated alkanes) is 3. The summed E-state index contributed by atoms with van der Waals surface area (Å²) >= 11 is 0. The molecule has 2 N–H and O–H groups in total. The molecule has 0 amide bonds. The highest BCUT2D eigenvalue weighted by Gasteiger charge is 2.51. The number of esters is 3. The molecule has 31 heavy (non-hydrogen) atoms. The van der Waals surface area contributed by atoms with Crippen molar-refractivity contribution in [2.75, 3.05) is 6.61 Å². The van der Waals surface area contributed by atoms with Crippen molar-refractivity contribution in [3.05, 3.63) is 0 Å². The number of aliphatic hydroxyl groups excluding tert-OH is 2. The van der Waals surface area contributed by atoms with Gasteiger partial charge in [-0.2, -0.15) is 0 Å². The highest BCUT2D eigenvalue weighted by molar-refractivity contribution is 5.72. The van der Waals surface area contributed by atoms with E-state index in [1.165, 1.54) is 0 Å². The molecule has 0 aliphatic carbocycles. The standard InChI is InChI=1S/C22H38O9/c1-13(2)10-8-6-7-9-11-17(25)30-18-16(12-23)29-22(27)20(28-15(5)24)19(18)31-21(26)14(3)4/h13-14,16,18-20,22-23,27H,6-12H2,1-5H3/t16-,18-,19+,20-,22?/m1/s1. The molecule has 9 heteroatoms. The minimum atomic E-state index is -1.65. The molecule has 1 fully saturated rings. The molecule has 1 heterocycles. The van der Waals surface area contributed by atoms with Crippen LogP contribution in [0.3, 0.4) is 0 Å². The van der Waals surface area contributed by atoms with Crippen LogP contribution in [0.4, 0.5) is 0 Å². The predicted molar refractivity (Wildman–Crippen MR) is 111 cm³/mol. The van der Waals surface area contributed by atoms with Crippen LogP contribution < -0.4 is 0 Å². The topological polar surface area (TPSA) is 129 Å². The van der Waals surface area contributed by atoms with Gasteiger partial charge in [-0.3, -0.25) is 14.4 Å². The zero-order valence-electron chi connectivity index (χ0n) is 19.2. The van der Waals surface area contributed by atoms with Crippen molar-refractivity contribution in [3.8, 4) is 0 Å². The van der Waals surface area contributed by atoms with Gasteiger partial charge in [-0.15, -0.1) is 0 Å². The fraction of sp³-hybridized carbons (Fsp3) is 0.864. The largest absolute Gasteiger partial charge is 0.455 e. The molecule has 0 aromatic heterocycles. The van der Waals surface area contributed by atoms with Gasteiger partial charge in [0, 0.05) is 13.3 Å². The van der Waals surface area contributed by atoms with Crippen LogP contribution in [-0.4, -0.2) is 65.4 Å². The third-order valence-corrected chi connectivity index (χ3v) is 4.99. The normalized spacial score (nSPS) is 26.0. The van der Waals surface area contributed by atoms with Crippen molar-refractivity contribution in [2.45, 2.75) is 104 Å². The number of rotatable bonds is 12. The number of carbonyl (C=O) groups is 3. The molecular weight excluding hydrogens is 408 g/mol. The first kappa shape index (κ1) is 27.3. The van der Waals surface area contributed by atoms with Gasteiger partial charge < -0.3 is 29.2 Å². The van der Waals surface area contributed by atoms with Crippen LogP contribution in [-0.2, 0) is 33.3 Å². The van der Waals surface area contributed by atoms with Gasteiger partial charge in [-0.1, -0.05) is 53.4 Å². The fourth-order valence-corrected chi connectivity index (χ4v) is 3.29. The first-order valence-corrected chi connectivity index (χ1v) is 11.1. The molecule has 5 atom stereocenters. The highest BCUT2D eigenvalue weighted by Crippen LogP contribution is 2.28. The van der Waals surface area contributed by atoms with Crippen molar-refractivity contribution in [3.63, 3.8) is 0 Å². The van der Waals surface area contributed by atoms with Crippen LogP contribution in [0.1, 0.15) is 73.1 Å². The maximum absolute atomic E-state index is 12.4. The van der Waals surface area contributed by atoms with Crippen LogP contribution in [0.5, 0.6) is 0 Å². The van der Waals surface area contributed by atoms with E-state index in [1.807, 2.05) is 0 Å². The second-order valence-corrected chi connectivity index (χ2v) is 8.68. The molecule has 1 saturated heterocycles. The Balaban J connectivity index is 2.82. The summed E-state index contributed by atoms with van der Waals surface area (Å²) in [6.45, 7) is 8.11. The van der Waals surface area contributed by atoms with Crippen molar-refractivity contribution in [1.29, 1.82) is 0 Å². The summed E-state index contributed by atoms with van der Waals surface area (Å²) in [7, 11) is 0. The molecule has 1 rings (SSSR count). The molecule has 0 bridgehead atoms. The second-order valence-electron chi connectivity index (χ2n) is 8.68. The summed E-state index contributed by atoms with van der Waals surface area (Å²) in [6.07, 6.45) is -1.78. The molecule has 1 aliphatic rings. The Morgan fingerprint density at radius 2 is 1.55 bits per heavy atom. The third kappa shape index (κ3) is 9.53. The zero-order valence-corrected chi connectivity index (χ0v) is 19.2. The summed E-state index contributed by atoms with van der Waals surface area (Å²) in [5.41, 5.74) is 0. The van der Waals surface area contributed by atoms with E-state index in [0.29, 0.717) is 12.3 Å². The van der Waals surface area contributed by atoms with E-state index in [9.17, 15) is 24.6 Å². The van der Waals surface area contributed by atoms with Crippen LogP contribution in [0.15, 0.2) is 0 Å². The Bertz CT molecular complexity index is 575. The van der Waals surface area contributed by atoms with Crippen molar-refractivity contribution < 1.29 is 43.5 Å². The Hall–Kier alpha value is -1.71. The number of ether oxygens (including phenoxy) is 4. The lowest BCUT2D eigenvalue weighted by molar-refractivity contribution is -0.296. The Kier molecular flexibility index (Phi) is 12.0. The van der Waals surface area contributed by atoms with E-state index < -0.39 is 61.1 Å². The van der Waals surface area contributed by atoms with E-state index in [1.54, 1.807) is 13.8 Å². The summed E-state index contributed by atoms with van der Waals surface area (Å²) in [6, 6.07) is 0. The fourth-order valence-electron chi connectivity index (χ4n) is 3.29. The molecule has 0 radical (unpaired) electrons. The van der Waals surface area contributed by atoms with Gasteiger partial charge in [-0.25, -0.2) is 0 Å². The van der Waals surface area contributed by atoms with Gasteiger partial charge in [0.2, 0.25) is 0 Å². The number of hydrogen-bond acceptors (Lipinski definition) is 9. The SMILES string of the molecule is CC(=O)O[C@H]1C(O)O[C@H](CO)[C@@H](OC(=O)CCCCCCC(C)C)[C@@H]1OC(=O)C(C)C. The third-order valence-electron chi connectivity index (χ3n) is 4.99. The molecule has 0 spiro atoms. The van der Waals surface area contributed by atoms with Crippen LogP contribution >= 0.6 is 0 Å². The zero-order chi connectivity index (χ0) is 23.6. The van der Waals surface area contributed by atoms with Crippen LogP contribution in [0.2, 0.25) is 0 Å². The Morgan fingerprint density at radius 3 is 2.10 bits per heavy atom. The Labute approximate surface area is 184 Å². The first-order chi connectivity index (χ1) is 14.6. The lowest BCUT2D eigenvalue weighted by Gasteiger charge is -2.42. The predicted octanol–water partition coefficient (Wildman–Crippen LogP) is 2.10. The molecule has 180 valence electrons. The maximum Gasteiger partial charge on any atom is 0.308 e. The van der Waals surface area contributed by atoms with Gasteiger partial charge in [-0.05, 0) is 12.3 Å². The first-order valence-electron chi connectivity index (χ1n) is 11.1. The molecule has 0 aromatic rings. The van der Waals surface area contributed by atoms with Gasteiger partial charge in [0.15, 0.2) is 24.6 Å². The van der Waals surface area contributed by atoms with Crippen molar-refractivity contribution in [1.82, 2.24) is 0 Å². The Morgan fingerprint density at radius 1 is 0.903 bits per heavy atom. The van der Waals surface area contributed by atoms with Crippen LogP contribution in [0, 0.1) is 11.8 Å². The van der Waals surface area contributed by atoms with Crippen LogP contribution in [0.25, 0.3) is 0 Å². The van der Waals surface area contributed by atoms with E-state index in [4.69, 9.17) is 18.9 Å². The maximum atomic E-state index is 12.4. The smallest absolute Gasteiger partial charge is 0.308 e. The van der Waals surface area contributed by atoms with E-state index in [-0.39, 0.29) is 6.42 Å². The molecule has 0 saturated carbocycles. The molecule has 0 aromatic carbocycles. The molecule has 9 nitrogen and oxygen atoms in total. The van der Waals surface area contributed by atoms with Gasteiger partial charge in [0.1, 0.15) is 6.10 Å². The van der Waals surface area contributed by atoms with Gasteiger partial charge in [0.25, 0.3) is 0 Å². The summed E-state index contributed by atoms with van der Waals surface area (Å²) < 4.78 is 21.3. The minimum absolute atomic E-state index is 0.155. The summed E-state index contributed by atoms with van der Waals surface area (Å²) in [4.78, 5) is 36.1. The summed E-state index contributed by atoms with van der Waals surface area (Å²) in [5.74, 6) is -1.75. The van der Waals surface area contributed by atoms with E-state index in [2.05, 4.69) is 13.8 Å². The van der Waals surface area contributed by atoms with Crippen molar-refractivity contribution >= 4 is 17.9 Å².